The second kappa shape index (κ2) is 28.7. The number of sulfonamides is 2. The van der Waals surface area contributed by atoms with Gasteiger partial charge in [-0.1, -0.05) is 70.0 Å². The van der Waals surface area contributed by atoms with Crippen LogP contribution in [-0.4, -0.2) is 129 Å². The van der Waals surface area contributed by atoms with Crippen LogP contribution >= 0.6 is 0 Å². The quantitative estimate of drug-likeness (QED) is 0.0607. The molecule has 0 spiro atoms. The number of nitrogens with zero attached hydrogens (tertiary/aromatic N) is 1. The van der Waals surface area contributed by atoms with Crippen LogP contribution in [0.1, 0.15) is 63.5 Å². The number of methoxy groups -OCH3 is 2. The lowest BCUT2D eigenvalue weighted by molar-refractivity contribution is -0.148. The van der Waals surface area contributed by atoms with Crippen LogP contribution in [0.3, 0.4) is 0 Å². The molecule has 0 radical (unpaired) electrons. The number of epoxide rings is 1. The molecule has 0 saturated carbocycles. The third-order valence-electron chi connectivity index (χ3n) is 11.4. The van der Waals surface area contributed by atoms with E-state index >= 15 is 0 Å². The summed E-state index contributed by atoms with van der Waals surface area (Å²) in [5.74, 6) is 0.790. The standard InChI is InChI=1S/C25H34N2O7S.C13H19NO5S.C12H15NO2/c1-19(28)26-24(16-20-8-4-3-5-9-20)25(29)17-27(34-18-22-10-6-7-15-33-22)35(30,31)23-13-11-21(32-2)12-14-23;1-17-11-5-7-13(8-6-11)20(15,16)14-19-10-12-4-2-3-9-18-12;1-9(14)13-11(12-8-15-12)7-10-5-3-2-4-6-10/h3-5,8-9,11-14,22,24-25,29H,6-7,10,15-18H2,1-2H3,(H,26,28);5-8,12,14H,2-4,9-10H2,1H3;2-6,11-12H,7-8H2,1H3,(H,13,14). The molecule has 2 amide bonds. The van der Waals surface area contributed by atoms with Gasteiger partial charge in [0, 0.05) is 27.1 Å². The molecule has 0 aromatic heterocycles. The van der Waals surface area contributed by atoms with Gasteiger partial charge < -0.3 is 39.4 Å². The van der Waals surface area contributed by atoms with Crippen molar-refractivity contribution in [2.75, 3.05) is 53.8 Å². The topological polar surface area (TPSA) is 230 Å². The zero-order valence-electron chi connectivity index (χ0n) is 40.3. The maximum absolute atomic E-state index is 13.5. The second-order valence-electron chi connectivity index (χ2n) is 16.9. The van der Waals surface area contributed by atoms with E-state index in [1.54, 1.807) is 31.2 Å². The van der Waals surface area contributed by atoms with Crippen LogP contribution in [0.2, 0.25) is 0 Å². The molecule has 0 aliphatic carbocycles. The minimum atomic E-state index is -4.13. The highest BCUT2D eigenvalue weighted by atomic mass is 32.2. The van der Waals surface area contributed by atoms with Crippen LogP contribution in [0.25, 0.3) is 0 Å². The van der Waals surface area contributed by atoms with Crippen molar-refractivity contribution in [2.45, 2.75) is 112 Å². The lowest BCUT2D eigenvalue weighted by atomic mass is 10.0. The summed E-state index contributed by atoms with van der Waals surface area (Å²) in [4.78, 5) is 35.9. The van der Waals surface area contributed by atoms with E-state index in [1.165, 1.54) is 51.0 Å². The monoisotopic (exact) mass is 1010 g/mol. The molecule has 3 aliphatic rings. The molecule has 20 heteroatoms. The Morgan fingerprint density at radius 3 is 1.64 bits per heavy atom. The predicted octanol–water partition coefficient (Wildman–Crippen LogP) is 4.90. The third kappa shape index (κ3) is 19.3. The predicted molar refractivity (Wildman–Crippen MR) is 261 cm³/mol. The molecule has 70 heavy (non-hydrogen) atoms. The smallest absolute Gasteiger partial charge is 0.265 e. The van der Waals surface area contributed by atoms with E-state index < -0.39 is 32.2 Å². The van der Waals surface area contributed by atoms with Crippen LogP contribution in [0.5, 0.6) is 11.5 Å². The van der Waals surface area contributed by atoms with E-state index in [1.807, 2.05) is 48.5 Å². The highest BCUT2D eigenvalue weighted by molar-refractivity contribution is 7.89. The summed E-state index contributed by atoms with van der Waals surface area (Å²) in [6.07, 6.45) is 5.58. The number of amides is 2. The summed E-state index contributed by atoms with van der Waals surface area (Å²) in [6.45, 7) is 4.84. The Bertz CT molecular complexity index is 2370. The number of hydrogen-bond donors (Lipinski definition) is 4. The maximum Gasteiger partial charge on any atom is 0.265 e. The van der Waals surface area contributed by atoms with Gasteiger partial charge in [0.15, 0.2) is 0 Å². The van der Waals surface area contributed by atoms with Crippen molar-refractivity contribution in [1.82, 2.24) is 20.0 Å². The van der Waals surface area contributed by atoms with Crippen molar-refractivity contribution in [3.05, 3.63) is 120 Å². The molecular weight excluding hydrogens is 945 g/mol. The van der Waals surface area contributed by atoms with Crippen molar-refractivity contribution in [2.24, 2.45) is 0 Å². The van der Waals surface area contributed by atoms with Crippen molar-refractivity contribution in [3.8, 4) is 11.5 Å². The van der Waals surface area contributed by atoms with Gasteiger partial charge in [-0.2, -0.15) is 0 Å². The molecule has 18 nitrogen and oxygen atoms in total. The van der Waals surface area contributed by atoms with E-state index in [9.17, 15) is 31.5 Å². The fourth-order valence-corrected chi connectivity index (χ4v) is 9.60. The average molecular weight is 1010 g/mol. The van der Waals surface area contributed by atoms with Crippen molar-refractivity contribution >= 4 is 31.9 Å². The molecule has 6 atom stereocenters. The molecule has 4 aromatic rings. The summed E-state index contributed by atoms with van der Waals surface area (Å²) in [7, 11) is -4.78. The SMILES string of the molecule is CC(=O)NC(Cc1ccccc1)C1CO1.COc1ccc(S(=O)(=O)N(CC(O)C(Cc2ccccc2)NC(C)=O)OCC2CCCCO2)cc1.COc1ccc(S(=O)(=O)NOCC2CCCCO2)cc1. The largest absolute Gasteiger partial charge is 0.497 e. The number of carbonyl (C=O) groups excluding carboxylic acids is 2. The minimum absolute atomic E-state index is 0.00537. The number of benzene rings is 4. The van der Waals surface area contributed by atoms with Gasteiger partial charge in [0.2, 0.25) is 11.8 Å². The lowest BCUT2D eigenvalue weighted by Gasteiger charge is -2.30. The number of ether oxygens (including phenoxy) is 5. The summed E-state index contributed by atoms with van der Waals surface area (Å²) >= 11 is 0. The first-order chi connectivity index (χ1) is 33.7. The number of hydroxylamine groups is 1. The van der Waals surface area contributed by atoms with Gasteiger partial charge in [0.1, 0.15) is 17.6 Å². The van der Waals surface area contributed by atoms with E-state index in [-0.39, 0.29) is 65.7 Å². The minimum Gasteiger partial charge on any atom is -0.497 e. The molecule has 3 fully saturated rings. The third-order valence-corrected chi connectivity index (χ3v) is 14.3. The van der Waals surface area contributed by atoms with Crippen molar-refractivity contribution in [3.63, 3.8) is 0 Å². The fraction of sp³-hybridized carbons (Fsp3) is 0.480. The molecule has 4 N–H and O–H groups in total. The fourth-order valence-electron chi connectivity index (χ4n) is 7.52. The van der Waals surface area contributed by atoms with Gasteiger partial charge in [-0.25, -0.2) is 16.8 Å². The van der Waals surface area contributed by atoms with Gasteiger partial charge in [0.05, 0.1) is 80.8 Å². The molecular formula is C50H68N4O14S2. The van der Waals surface area contributed by atoms with Gasteiger partial charge >= 0.3 is 0 Å². The Morgan fingerprint density at radius 2 is 1.17 bits per heavy atom. The second-order valence-corrected chi connectivity index (χ2v) is 20.4. The highest BCUT2D eigenvalue weighted by Crippen LogP contribution is 2.23. The number of aliphatic hydroxyl groups excluding tert-OH is 1. The first kappa shape index (κ1) is 55.9. The van der Waals surface area contributed by atoms with Crippen LogP contribution in [0.15, 0.2) is 119 Å². The summed E-state index contributed by atoms with van der Waals surface area (Å²) in [6, 6.07) is 30.9. The molecule has 4 aromatic carbocycles. The average Bonchev–Trinajstić information content (AvgIpc) is 4.22. The molecule has 7 rings (SSSR count). The summed E-state index contributed by atoms with van der Waals surface area (Å²) in [5.41, 5.74) is 2.12. The van der Waals surface area contributed by atoms with Gasteiger partial charge in [-0.05, 0) is 111 Å². The number of carbonyl (C=O) groups is 2. The van der Waals surface area contributed by atoms with E-state index in [0.717, 1.165) is 61.6 Å². The van der Waals surface area contributed by atoms with Crippen LogP contribution in [-0.2, 0) is 66.4 Å². The first-order valence-corrected chi connectivity index (χ1v) is 26.3. The number of aliphatic hydroxyl groups is 1. The Labute approximate surface area is 412 Å². The van der Waals surface area contributed by atoms with Gasteiger partial charge in [-0.3, -0.25) is 19.3 Å². The zero-order valence-corrected chi connectivity index (χ0v) is 41.9. The van der Waals surface area contributed by atoms with E-state index in [0.29, 0.717) is 31.1 Å². The molecule has 384 valence electrons. The Hall–Kier alpha value is -5.00. The summed E-state index contributed by atoms with van der Waals surface area (Å²) in [5, 5.41) is 16.7. The van der Waals surface area contributed by atoms with Crippen molar-refractivity contribution in [1.29, 1.82) is 0 Å². The zero-order chi connectivity index (χ0) is 50.4. The molecule has 0 bridgehead atoms. The van der Waals surface area contributed by atoms with Crippen molar-refractivity contribution < 1.29 is 64.9 Å². The Balaban J connectivity index is 0.000000218. The van der Waals surface area contributed by atoms with Gasteiger partial charge in [0.25, 0.3) is 20.0 Å². The summed E-state index contributed by atoms with van der Waals surface area (Å²) < 4.78 is 78.1. The molecule has 6 unspecified atom stereocenters. The highest BCUT2D eigenvalue weighted by Gasteiger charge is 2.34. The Morgan fingerprint density at radius 1 is 0.671 bits per heavy atom. The lowest BCUT2D eigenvalue weighted by Crippen LogP contribution is -2.50. The number of nitrogens with one attached hydrogen (secondary N) is 3. The first-order valence-electron chi connectivity index (χ1n) is 23.4. The van der Waals surface area contributed by atoms with Crippen LogP contribution in [0.4, 0.5) is 0 Å². The molecule has 3 saturated heterocycles. The maximum atomic E-state index is 13.5. The molecule has 3 aliphatic heterocycles. The number of hydrogen-bond acceptors (Lipinski definition) is 14. The molecule has 3 heterocycles. The van der Waals surface area contributed by atoms with Crippen LogP contribution in [0, 0.1) is 0 Å². The Kier molecular flexibility index (Phi) is 23.0. The van der Waals surface area contributed by atoms with E-state index in [2.05, 4.69) is 27.7 Å². The normalized spacial score (nSPS) is 19.1. The number of rotatable bonds is 22. The van der Waals surface area contributed by atoms with Gasteiger partial charge in [-0.15, -0.1) is 0 Å². The van der Waals surface area contributed by atoms with Crippen LogP contribution < -0.4 is 25.0 Å². The van der Waals surface area contributed by atoms with E-state index in [4.69, 9.17) is 33.4 Å².